The zero-order valence-electron chi connectivity index (χ0n) is 26.0. The third-order valence-electron chi connectivity index (χ3n) is 7.54. The van der Waals surface area contributed by atoms with Gasteiger partial charge in [-0.3, -0.25) is 9.38 Å². The lowest BCUT2D eigenvalue weighted by Crippen LogP contribution is -2.43. The van der Waals surface area contributed by atoms with E-state index in [1.807, 2.05) is 54.7 Å². The van der Waals surface area contributed by atoms with Crippen molar-refractivity contribution in [3.05, 3.63) is 114 Å². The van der Waals surface area contributed by atoms with E-state index in [4.69, 9.17) is 9.47 Å². The van der Waals surface area contributed by atoms with Crippen LogP contribution in [0.4, 0.5) is 9.18 Å². The van der Waals surface area contributed by atoms with E-state index in [0.717, 1.165) is 33.2 Å². The van der Waals surface area contributed by atoms with Crippen LogP contribution in [0.1, 0.15) is 42.5 Å². The lowest BCUT2D eigenvalue weighted by molar-refractivity contribution is 0.0361. The van der Waals surface area contributed by atoms with Gasteiger partial charge in [-0.2, -0.15) is 0 Å². The molecule has 1 amide bonds. The molecular formula is C36H34FN5O4. The first kappa shape index (κ1) is 30.5. The second kappa shape index (κ2) is 12.5. The Hall–Kier alpha value is -5.51. The molecule has 0 saturated heterocycles. The molecule has 10 heteroatoms. The van der Waals surface area contributed by atoms with Crippen molar-refractivity contribution in [1.82, 2.24) is 24.7 Å². The maximum Gasteiger partial charge on any atom is 0.408 e. The van der Waals surface area contributed by atoms with Crippen molar-refractivity contribution in [3.63, 3.8) is 0 Å². The molecule has 0 aliphatic heterocycles. The van der Waals surface area contributed by atoms with Crippen LogP contribution in [0, 0.1) is 12.7 Å². The third kappa shape index (κ3) is 6.61. The van der Waals surface area contributed by atoms with E-state index in [1.165, 1.54) is 6.07 Å². The molecule has 2 aromatic carbocycles. The highest BCUT2D eigenvalue weighted by atomic mass is 19.1. The molecule has 4 heterocycles. The molecular weight excluding hydrogens is 585 g/mol. The minimum atomic E-state index is -0.686. The Kier molecular flexibility index (Phi) is 8.27. The minimum absolute atomic E-state index is 0.0965. The highest BCUT2D eigenvalue weighted by molar-refractivity contribution is 5.88. The smallest absolute Gasteiger partial charge is 0.408 e. The Morgan fingerprint density at radius 3 is 2.65 bits per heavy atom. The summed E-state index contributed by atoms with van der Waals surface area (Å²) in [6.07, 6.45) is 6.75. The van der Waals surface area contributed by atoms with E-state index in [9.17, 15) is 14.0 Å². The fourth-order valence-corrected chi connectivity index (χ4v) is 5.41. The van der Waals surface area contributed by atoms with Gasteiger partial charge in [0.25, 0.3) is 0 Å². The summed E-state index contributed by atoms with van der Waals surface area (Å²) in [5.41, 5.74) is 5.70. The van der Waals surface area contributed by atoms with Crippen LogP contribution >= 0.6 is 0 Å². The first-order chi connectivity index (χ1) is 22.1. The number of hydrogen-bond donors (Lipinski definition) is 2. The van der Waals surface area contributed by atoms with Crippen molar-refractivity contribution in [2.45, 2.75) is 45.8 Å². The van der Waals surface area contributed by atoms with Crippen LogP contribution in [0.5, 0.6) is 0 Å². The minimum Gasteiger partial charge on any atom is -0.458 e. The normalized spacial score (nSPS) is 12.3. The topological polar surface area (TPSA) is 111 Å². The number of halogens is 1. The number of pyridine rings is 2. The Labute approximate surface area is 265 Å². The zero-order chi connectivity index (χ0) is 32.4. The standard InChI is InChI=1S/C36H34FN5O4/c1-22-16-24(11-12-30(22)37)32-29(9-7-14-38-32)23-13-15-42-27(18-23)20-40-33(42)34(43)45-21-26(41-35(44)46-36(2,3)4)17-25-19-39-31-10-6-5-8-28(25)31/h5-16,18-20,26,39H,17,21H2,1-4H3,(H,41,44)/t26-/m0/s1. The summed E-state index contributed by atoms with van der Waals surface area (Å²) in [6.45, 7) is 6.98. The number of carbonyl (C=O) groups excluding carboxylic acids is 2. The number of H-pyrrole nitrogens is 1. The van der Waals surface area contributed by atoms with Crippen LogP contribution < -0.4 is 5.32 Å². The predicted octanol–water partition coefficient (Wildman–Crippen LogP) is 7.28. The summed E-state index contributed by atoms with van der Waals surface area (Å²) in [6, 6.07) is 19.8. The molecule has 0 unspecified atom stereocenters. The molecule has 234 valence electrons. The highest BCUT2D eigenvalue weighted by Crippen LogP contribution is 2.32. The van der Waals surface area contributed by atoms with Crippen LogP contribution in [-0.2, 0) is 15.9 Å². The fourth-order valence-electron chi connectivity index (χ4n) is 5.41. The fraction of sp³-hybridized carbons (Fsp3) is 0.222. The van der Waals surface area contributed by atoms with Crippen molar-refractivity contribution < 1.29 is 23.5 Å². The van der Waals surface area contributed by atoms with Gasteiger partial charge in [-0.15, -0.1) is 0 Å². The van der Waals surface area contributed by atoms with Gasteiger partial charge in [0.05, 0.1) is 23.4 Å². The molecule has 1 atom stereocenters. The number of alkyl carbamates (subject to hydrolysis) is 1. The summed E-state index contributed by atoms with van der Waals surface area (Å²) in [7, 11) is 0. The number of amides is 1. The SMILES string of the molecule is Cc1cc(-c2ncccc2-c2ccn3c(C(=O)OC[C@H](Cc4c[nH]c5ccccc45)NC(=O)OC(C)(C)C)ncc3c2)ccc1F. The molecule has 0 aliphatic rings. The van der Waals surface area contributed by atoms with Crippen LogP contribution in [0.15, 0.2) is 91.5 Å². The molecule has 2 N–H and O–H groups in total. The molecule has 0 radical (unpaired) electrons. The Morgan fingerprint density at radius 1 is 1.02 bits per heavy atom. The average molecular weight is 620 g/mol. The monoisotopic (exact) mass is 619 g/mol. The Morgan fingerprint density at radius 2 is 1.85 bits per heavy atom. The molecule has 6 aromatic rings. The van der Waals surface area contributed by atoms with Crippen molar-refractivity contribution in [1.29, 1.82) is 0 Å². The van der Waals surface area contributed by atoms with E-state index in [0.29, 0.717) is 23.2 Å². The second-order valence-corrected chi connectivity index (χ2v) is 12.2. The quantitative estimate of drug-likeness (QED) is 0.173. The average Bonchev–Trinajstić information content (AvgIpc) is 3.64. The number of nitrogens with one attached hydrogen (secondary N) is 2. The highest BCUT2D eigenvalue weighted by Gasteiger charge is 2.24. The van der Waals surface area contributed by atoms with Gasteiger partial charge in [0.1, 0.15) is 18.0 Å². The number of aromatic nitrogens is 4. The maximum absolute atomic E-state index is 13.9. The summed E-state index contributed by atoms with van der Waals surface area (Å²) in [5, 5.41) is 3.88. The number of fused-ring (bicyclic) bond motifs is 2. The number of carbonyl (C=O) groups is 2. The van der Waals surface area contributed by atoms with Gasteiger partial charge in [0.15, 0.2) is 0 Å². The van der Waals surface area contributed by atoms with E-state index >= 15 is 0 Å². The molecule has 0 aliphatic carbocycles. The first-order valence-corrected chi connectivity index (χ1v) is 15.0. The molecule has 0 spiro atoms. The Balaban J connectivity index is 1.22. The first-order valence-electron chi connectivity index (χ1n) is 15.0. The lowest BCUT2D eigenvalue weighted by Gasteiger charge is -2.23. The number of aromatic amines is 1. The van der Waals surface area contributed by atoms with Crippen LogP contribution in [-0.4, -0.2) is 49.7 Å². The maximum atomic E-state index is 13.9. The number of aryl methyl sites for hydroxylation is 1. The number of nitrogens with zero attached hydrogens (tertiary/aromatic N) is 3. The van der Waals surface area contributed by atoms with E-state index < -0.39 is 23.7 Å². The van der Waals surface area contributed by atoms with Gasteiger partial charge >= 0.3 is 12.1 Å². The largest absolute Gasteiger partial charge is 0.458 e. The van der Waals surface area contributed by atoms with Crippen LogP contribution in [0.3, 0.4) is 0 Å². The zero-order valence-corrected chi connectivity index (χ0v) is 26.0. The Bertz CT molecular complexity index is 2060. The van der Waals surface area contributed by atoms with E-state index in [-0.39, 0.29) is 18.2 Å². The van der Waals surface area contributed by atoms with Crippen LogP contribution in [0.25, 0.3) is 38.8 Å². The summed E-state index contributed by atoms with van der Waals surface area (Å²) < 4.78 is 26.8. The lowest BCUT2D eigenvalue weighted by atomic mass is 9.99. The van der Waals surface area contributed by atoms with Crippen molar-refractivity contribution in [2.24, 2.45) is 0 Å². The van der Waals surface area contributed by atoms with Crippen molar-refractivity contribution in [3.8, 4) is 22.4 Å². The number of esters is 1. The van der Waals surface area contributed by atoms with Crippen molar-refractivity contribution >= 4 is 28.5 Å². The third-order valence-corrected chi connectivity index (χ3v) is 7.54. The van der Waals surface area contributed by atoms with Gasteiger partial charge in [0.2, 0.25) is 5.82 Å². The molecule has 46 heavy (non-hydrogen) atoms. The molecule has 0 fully saturated rings. The predicted molar refractivity (Wildman–Crippen MR) is 174 cm³/mol. The van der Waals surface area contributed by atoms with E-state index in [2.05, 4.69) is 20.3 Å². The number of hydrogen-bond acceptors (Lipinski definition) is 6. The number of para-hydroxylation sites is 1. The molecule has 9 nitrogen and oxygen atoms in total. The summed E-state index contributed by atoms with van der Waals surface area (Å²) >= 11 is 0. The molecule has 6 rings (SSSR count). The van der Waals surface area contributed by atoms with Gasteiger partial charge in [-0.25, -0.2) is 19.0 Å². The van der Waals surface area contributed by atoms with E-state index in [1.54, 1.807) is 62.8 Å². The number of rotatable bonds is 8. The second-order valence-electron chi connectivity index (χ2n) is 12.2. The number of ether oxygens (including phenoxy) is 2. The molecule has 4 aromatic heterocycles. The van der Waals surface area contributed by atoms with Crippen LogP contribution in [0.2, 0.25) is 0 Å². The van der Waals surface area contributed by atoms with Gasteiger partial charge in [0, 0.05) is 40.6 Å². The number of benzene rings is 2. The van der Waals surface area contributed by atoms with Gasteiger partial charge < -0.3 is 19.8 Å². The van der Waals surface area contributed by atoms with Gasteiger partial charge in [-0.05, 0) is 93.3 Å². The summed E-state index contributed by atoms with van der Waals surface area (Å²) in [5.74, 6) is -0.803. The molecule has 0 saturated carbocycles. The van der Waals surface area contributed by atoms with Crippen molar-refractivity contribution in [2.75, 3.05) is 6.61 Å². The number of imidazole rings is 1. The van der Waals surface area contributed by atoms with Gasteiger partial charge in [-0.1, -0.05) is 24.3 Å². The summed E-state index contributed by atoms with van der Waals surface area (Å²) in [4.78, 5) is 38.2. The molecule has 0 bridgehead atoms.